The molecule has 1 amide bonds. The van der Waals surface area contributed by atoms with Crippen molar-refractivity contribution < 1.29 is 4.79 Å². The van der Waals surface area contributed by atoms with Crippen LogP contribution >= 0.6 is 0 Å². The SMILES string of the molecule is C/C=C1/N=C(C)N(Cc2ccncc2)C1=O. The van der Waals surface area contributed by atoms with Crippen LogP contribution in [0.3, 0.4) is 0 Å². The zero-order valence-corrected chi connectivity index (χ0v) is 9.34. The first kappa shape index (κ1) is 10.5. The maximum atomic E-state index is 11.9. The van der Waals surface area contributed by atoms with Gasteiger partial charge in [-0.3, -0.25) is 14.7 Å². The lowest BCUT2D eigenvalue weighted by atomic mass is 10.2. The average Bonchev–Trinajstić information content (AvgIpc) is 2.58. The molecule has 0 atom stereocenters. The largest absolute Gasteiger partial charge is 0.291 e. The number of amidine groups is 1. The second kappa shape index (κ2) is 4.26. The maximum absolute atomic E-state index is 11.9. The van der Waals surface area contributed by atoms with Crippen LogP contribution in [0.4, 0.5) is 0 Å². The van der Waals surface area contributed by atoms with Gasteiger partial charge in [0.1, 0.15) is 11.5 Å². The van der Waals surface area contributed by atoms with Crippen molar-refractivity contribution in [3.63, 3.8) is 0 Å². The summed E-state index contributed by atoms with van der Waals surface area (Å²) in [7, 11) is 0. The predicted octanol–water partition coefficient (Wildman–Crippen LogP) is 1.75. The molecule has 0 aromatic carbocycles. The summed E-state index contributed by atoms with van der Waals surface area (Å²) in [6.45, 7) is 4.21. The molecular weight excluding hydrogens is 202 g/mol. The minimum Gasteiger partial charge on any atom is -0.291 e. The fraction of sp³-hybridized carbons (Fsp3) is 0.250. The lowest BCUT2D eigenvalue weighted by Crippen LogP contribution is -2.29. The molecule has 0 spiro atoms. The molecule has 16 heavy (non-hydrogen) atoms. The quantitative estimate of drug-likeness (QED) is 0.705. The van der Waals surface area contributed by atoms with Gasteiger partial charge in [-0.1, -0.05) is 6.08 Å². The molecule has 0 unspecified atom stereocenters. The highest BCUT2D eigenvalue weighted by molar-refractivity contribution is 6.11. The Kier molecular flexibility index (Phi) is 2.81. The molecule has 4 heteroatoms. The number of pyridine rings is 1. The van der Waals surface area contributed by atoms with Crippen LogP contribution in [0.15, 0.2) is 41.3 Å². The molecule has 1 aromatic rings. The molecule has 2 rings (SSSR count). The van der Waals surface area contributed by atoms with Crippen LogP contribution in [-0.2, 0) is 11.3 Å². The van der Waals surface area contributed by atoms with Crippen molar-refractivity contribution >= 4 is 11.7 Å². The zero-order valence-electron chi connectivity index (χ0n) is 9.34. The van der Waals surface area contributed by atoms with Crippen LogP contribution in [-0.4, -0.2) is 21.6 Å². The molecule has 82 valence electrons. The maximum Gasteiger partial charge on any atom is 0.277 e. The first-order chi connectivity index (χ1) is 7.72. The van der Waals surface area contributed by atoms with Gasteiger partial charge in [0, 0.05) is 12.4 Å². The van der Waals surface area contributed by atoms with Gasteiger partial charge >= 0.3 is 0 Å². The standard InChI is InChI=1S/C12H13N3O/c1-3-11-12(16)15(9(2)14-11)8-10-4-6-13-7-5-10/h3-7H,8H2,1-2H3/b11-3+. The zero-order chi connectivity index (χ0) is 11.5. The van der Waals surface area contributed by atoms with E-state index in [1.165, 1.54) is 0 Å². The lowest BCUT2D eigenvalue weighted by Gasteiger charge is -2.15. The van der Waals surface area contributed by atoms with E-state index in [-0.39, 0.29) is 5.91 Å². The molecule has 0 fully saturated rings. The summed E-state index contributed by atoms with van der Waals surface area (Å²) >= 11 is 0. The van der Waals surface area contributed by atoms with Crippen molar-refractivity contribution in [2.24, 2.45) is 4.99 Å². The molecule has 1 aliphatic heterocycles. The fourth-order valence-electron chi connectivity index (χ4n) is 1.61. The van der Waals surface area contributed by atoms with Crippen molar-refractivity contribution in [3.05, 3.63) is 41.9 Å². The molecule has 0 N–H and O–H groups in total. The number of amides is 1. The number of carbonyl (C=O) groups excluding carboxylic acids is 1. The van der Waals surface area contributed by atoms with Crippen LogP contribution in [0.25, 0.3) is 0 Å². The highest BCUT2D eigenvalue weighted by atomic mass is 16.2. The molecule has 0 radical (unpaired) electrons. The fourth-order valence-corrected chi connectivity index (χ4v) is 1.61. The molecular formula is C12H13N3O. The summed E-state index contributed by atoms with van der Waals surface area (Å²) in [5.41, 5.74) is 1.57. The van der Waals surface area contributed by atoms with Gasteiger partial charge in [-0.25, -0.2) is 4.99 Å². The number of aromatic nitrogens is 1. The van der Waals surface area contributed by atoms with Crippen molar-refractivity contribution in [2.45, 2.75) is 20.4 Å². The number of carbonyl (C=O) groups is 1. The van der Waals surface area contributed by atoms with Gasteiger partial charge < -0.3 is 0 Å². The van der Waals surface area contributed by atoms with Crippen molar-refractivity contribution in [1.29, 1.82) is 0 Å². The summed E-state index contributed by atoms with van der Waals surface area (Å²) in [6.07, 6.45) is 5.18. The van der Waals surface area contributed by atoms with Gasteiger partial charge in [-0.15, -0.1) is 0 Å². The monoisotopic (exact) mass is 215 g/mol. The van der Waals surface area contributed by atoms with Crippen LogP contribution < -0.4 is 0 Å². The molecule has 1 aliphatic rings. The van der Waals surface area contributed by atoms with E-state index < -0.39 is 0 Å². The Morgan fingerprint density at radius 3 is 2.62 bits per heavy atom. The smallest absolute Gasteiger partial charge is 0.277 e. The number of allylic oxidation sites excluding steroid dienone is 1. The number of aliphatic imine (C=N–C) groups is 1. The number of hydrogen-bond donors (Lipinski definition) is 0. The minimum atomic E-state index is -0.0307. The van der Waals surface area contributed by atoms with Crippen molar-refractivity contribution in [2.75, 3.05) is 0 Å². The Labute approximate surface area is 94.3 Å². The first-order valence-corrected chi connectivity index (χ1v) is 5.14. The first-order valence-electron chi connectivity index (χ1n) is 5.14. The summed E-state index contributed by atoms with van der Waals surface area (Å²) in [4.78, 5) is 21.7. The van der Waals surface area contributed by atoms with Crippen LogP contribution in [0.2, 0.25) is 0 Å². The normalized spacial score (nSPS) is 18.1. The Bertz CT molecular complexity index is 460. The lowest BCUT2D eigenvalue weighted by molar-refractivity contribution is -0.123. The van der Waals surface area contributed by atoms with E-state index in [0.29, 0.717) is 12.2 Å². The van der Waals surface area contributed by atoms with Gasteiger partial charge in [0.2, 0.25) is 0 Å². The Morgan fingerprint density at radius 2 is 2.06 bits per heavy atom. The van der Waals surface area contributed by atoms with Gasteiger partial charge in [0.15, 0.2) is 0 Å². The summed E-state index contributed by atoms with van der Waals surface area (Å²) < 4.78 is 0. The summed E-state index contributed by atoms with van der Waals surface area (Å²) in [6, 6.07) is 3.79. The van der Waals surface area contributed by atoms with Crippen LogP contribution in [0, 0.1) is 0 Å². The Morgan fingerprint density at radius 1 is 1.38 bits per heavy atom. The van der Waals surface area contributed by atoms with E-state index >= 15 is 0 Å². The molecule has 0 saturated carbocycles. The van der Waals surface area contributed by atoms with E-state index in [1.807, 2.05) is 26.0 Å². The topological polar surface area (TPSA) is 45.6 Å². The number of hydrogen-bond acceptors (Lipinski definition) is 3. The number of rotatable bonds is 2. The molecule has 4 nitrogen and oxygen atoms in total. The third kappa shape index (κ3) is 1.86. The van der Waals surface area contributed by atoms with Crippen molar-refractivity contribution in [1.82, 2.24) is 9.88 Å². The third-order valence-electron chi connectivity index (χ3n) is 2.50. The van der Waals surface area contributed by atoms with Gasteiger partial charge in [-0.2, -0.15) is 0 Å². The second-order valence-electron chi connectivity index (χ2n) is 3.58. The molecule has 2 heterocycles. The highest BCUT2D eigenvalue weighted by Crippen LogP contribution is 2.17. The van der Waals surface area contributed by atoms with E-state index in [2.05, 4.69) is 9.98 Å². The molecule has 1 aromatic heterocycles. The second-order valence-corrected chi connectivity index (χ2v) is 3.58. The number of nitrogens with zero attached hydrogens (tertiary/aromatic N) is 3. The Hall–Kier alpha value is -1.97. The van der Waals surface area contributed by atoms with Gasteiger partial charge in [-0.05, 0) is 31.5 Å². The van der Waals surface area contributed by atoms with Gasteiger partial charge in [0.25, 0.3) is 5.91 Å². The summed E-state index contributed by atoms with van der Waals surface area (Å²) in [5, 5.41) is 0. The molecule has 0 aliphatic carbocycles. The minimum absolute atomic E-state index is 0.0307. The van der Waals surface area contributed by atoms with E-state index in [9.17, 15) is 4.79 Å². The van der Waals surface area contributed by atoms with E-state index in [1.54, 1.807) is 23.4 Å². The van der Waals surface area contributed by atoms with E-state index in [4.69, 9.17) is 0 Å². The Balaban J connectivity index is 2.19. The predicted molar refractivity (Wildman–Crippen MR) is 61.7 cm³/mol. The molecule has 0 bridgehead atoms. The summed E-state index contributed by atoms with van der Waals surface area (Å²) in [5.74, 6) is 0.715. The highest BCUT2D eigenvalue weighted by Gasteiger charge is 2.26. The van der Waals surface area contributed by atoms with E-state index in [0.717, 1.165) is 11.4 Å². The third-order valence-corrected chi connectivity index (χ3v) is 2.50. The van der Waals surface area contributed by atoms with Crippen LogP contribution in [0.5, 0.6) is 0 Å². The molecule has 0 saturated heterocycles. The van der Waals surface area contributed by atoms with Crippen molar-refractivity contribution in [3.8, 4) is 0 Å². The van der Waals surface area contributed by atoms with Gasteiger partial charge in [0.05, 0.1) is 6.54 Å². The van der Waals surface area contributed by atoms with Crippen LogP contribution in [0.1, 0.15) is 19.4 Å². The average molecular weight is 215 g/mol.